The number of allylic oxidation sites excluding steroid dienone is 1. The number of rotatable bonds is 6. The van der Waals surface area contributed by atoms with Gasteiger partial charge in [0.25, 0.3) is 5.91 Å². The minimum absolute atomic E-state index is 0.0580. The molecule has 1 aromatic heterocycles. The van der Waals surface area contributed by atoms with Crippen LogP contribution in [0.5, 0.6) is 0 Å². The minimum atomic E-state index is 0.0580. The highest BCUT2D eigenvalue weighted by Gasteiger charge is 2.28. The molecule has 0 aliphatic heterocycles. The van der Waals surface area contributed by atoms with Crippen molar-refractivity contribution in [2.75, 3.05) is 19.3 Å². The summed E-state index contributed by atoms with van der Waals surface area (Å²) in [5.74, 6) is 0.0580. The van der Waals surface area contributed by atoms with Crippen molar-refractivity contribution < 1.29 is 4.79 Å². The number of carbonyl (C=O) groups excluding carboxylic acids is 1. The van der Waals surface area contributed by atoms with Gasteiger partial charge in [0.15, 0.2) is 0 Å². The molecule has 1 amide bonds. The number of hydrogen-bond acceptors (Lipinski definition) is 2. The van der Waals surface area contributed by atoms with Gasteiger partial charge >= 0.3 is 0 Å². The zero-order chi connectivity index (χ0) is 13.1. The molecule has 0 aromatic carbocycles. The molecule has 4 nitrogen and oxygen atoms in total. The van der Waals surface area contributed by atoms with E-state index in [4.69, 9.17) is 5.73 Å². The van der Waals surface area contributed by atoms with Crippen molar-refractivity contribution in [3.63, 3.8) is 0 Å². The molecule has 1 fully saturated rings. The number of nitrogen functional groups attached to an aromatic ring is 1. The van der Waals surface area contributed by atoms with Crippen molar-refractivity contribution in [3.05, 3.63) is 30.6 Å². The number of amides is 1. The lowest BCUT2D eigenvalue weighted by Crippen LogP contribution is -2.29. The van der Waals surface area contributed by atoms with Gasteiger partial charge in [-0.3, -0.25) is 4.79 Å². The van der Waals surface area contributed by atoms with Crippen molar-refractivity contribution >= 4 is 11.6 Å². The summed E-state index contributed by atoms with van der Waals surface area (Å²) in [6.45, 7) is 4.44. The lowest BCUT2D eigenvalue weighted by atomic mass is 10.2. The van der Waals surface area contributed by atoms with Crippen LogP contribution in [-0.2, 0) is 0 Å². The highest BCUT2D eigenvalue weighted by Crippen LogP contribution is 2.37. The number of hydrogen-bond donors (Lipinski definition) is 1. The highest BCUT2D eigenvalue weighted by molar-refractivity contribution is 5.93. The average molecular weight is 247 g/mol. The zero-order valence-electron chi connectivity index (χ0n) is 10.9. The molecule has 1 aliphatic rings. The van der Waals surface area contributed by atoms with Gasteiger partial charge in [0.05, 0.1) is 5.69 Å². The summed E-state index contributed by atoms with van der Waals surface area (Å²) in [5.41, 5.74) is 7.19. The third-order valence-corrected chi connectivity index (χ3v) is 3.28. The summed E-state index contributed by atoms with van der Waals surface area (Å²) >= 11 is 0. The van der Waals surface area contributed by atoms with Crippen molar-refractivity contribution in [2.45, 2.75) is 31.7 Å². The Hall–Kier alpha value is -1.71. The van der Waals surface area contributed by atoms with E-state index in [9.17, 15) is 4.79 Å². The van der Waals surface area contributed by atoms with Crippen molar-refractivity contribution in [1.82, 2.24) is 9.47 Å². The Morgan fingerprint density at radius 1 is 1.67 bits per heavy atom. The fourth-order valence-corrected chi connectivity index (χ4v) is 2.10. The predicted octanol–water partition coefficient (Wildman–Crippen LogP) is 2.44. The Balaban J connectivity index is 2.05. The molecule has 98 valence electrons. The lowest BCUT2D eigenvalue weighted by molar-refractivity contribution is 0.0783. The van der Waals surface area contributed by atoms with Crippen LogP contribution in [0.2, 0.25) is 0 Å². The van der Waals surface area contributed by atoms with Gasteiger partial charge in [0, 0.05) is 25.8 Å². The molecular weight excluding hydrogens is 226 g/mol. The van der Waals surface area contributed by atoms with E-state index >= 15 is 0 Å². The van der Waals surface area contributed by atoms with Crippen LogP contribution >= 0.6 is 0 Å². The number of nitrogens with two attached hydrogens (primary N) is 1. The summed E-state index contributed by atoms with van der Waals surface area (Å²) < 4.78 is 2.03. The second-order valence-electron chi connectivity index (χ2n) is 4.95. The van der Waals surface area contributed by atoms with Crippen molar-refractivity contribution in [3.8, 4) is 0 Å². The van der Waals surface area contributed by atoms with Gasteiger partial charge in [-0.25, -0.2) is 0 Å². The fourth-order valence-electron chi connectivity index (χ4n) is 2.10. The quantitative estimate of drug-likeness (QED) is 0.620. The molecule has 1 aliphatic carbocycles. The molecule has 18 heavy (non-hydrogen) atoms. The number of unbranched alkanes of at least 4 members (excludes halogenated alkanes) is 1. The van der Waals surface area contributed by atoms with Gasteiger partial charge in [-0.2, -0.15) is 0 Å². The minimum Gasteiger partial charge on any atom is -0.397 e. The zero-order valence-corrected chi connectivity index (χ0v) is 10.9. The van der Waals surface area contributed by atoms with Gasteiger partial charge < -0.3 is 15.2 Å². The summed E-state index contributed by atoms with van der Waals surface area (Å²) in [6.07, 6.45) is 7.93. The highest BCUT2D eigenvalue weighted by atomic mass is 16.2. The first-order valence-corrected chi connectivity index (χ1v) is 6.47. The Labute approximate surface area is 108 Å². The van der Waals surface area contributed by atoms with E-state index in [1.807, 2.05) is 23.9 Å². The van der Waals surface area contributed by atoms with E-state index in [1.54, 1.807) is 11.0 Å². The van der Waals surface area contributed by atoms with Crippen LogP contribution in [0.15, 0.2) is 24.9 Å². The van der Waals surface area contributed by atoms with E-state index < -0.39 is 0 Å². The summed E-state index contributed by atoms with van der Waals surface area (Å²) in [4.78, 5) is 14.1. The predicted molar refractivity (Wildman–Crippen MR) is 73.5 cm³/mol. The van der Waals surface area contributed by atoms with Crippen LogP contribution in [0.4, 0.5) is 5.69 Å². The van der Waals surface area contributed by atoms with Crippen LogP contribution in [0.1, 0.15) is 42.2 Å². The van der Waals surface area contributed by atoms with Gasteiger partial charge in [-0.05, 0) is 31.7 Å². The summed E-state index contributed by atoms with van der Waals surface area (Å²) in [5, 5.41) is 0. The maximum Gasteiger partial charge on any atom is 0.270 e. The molecule has 4 heteroatoms. The normalized spacial score (nSPS) is 14.5. The second-order valence-corrected chi connectivity index (χ2v) is 4.95. The Morgan fingerprint density at radius 3 is 3.00 bits per heavy atom. The first-order chi connectivity index (χ1) is 8.63. The number of anilines is 1. The largest absolute Gasteiger partial charge is 0.397 e. The van der Waals surface area contributed by atoms with E-state index in [0.717, 1.165) is 37.9 Å². The molecule has 0 atom stereocenters. The summed E-state index contributed by atoms with van der Waals surface area (Å²) in [6, 6.07) is 2.26. The average Bonchev–Trinajstić information content (AvgIpc) is 3.12. The number of carbonyl (C=O) groups is 1. The second kappa shape index (κ2) is 5.29. The van der Waals surface area contributed by atoms with Crippen molar-refractivity contribution in [1.29, 1.82) is 0 Å². The molecule has 0 bridgehead atoms. The standard InChI is InChI=1S/C14H21N3O/c1-3-4-5-8-16(2)14(18)13-9-11(15)10-17(13)12-6-7-12/h3,9-10,12H,1,4-8,15H2,2H3. The summed E-state index contributed by atoms with van der Waals surface area (Å²) in [7, 11) is 1.84. The molecule has 2 N–H and O–H groups in total. The topological polar surface area (TPSA) is 51.3 Å². The molecule has 1 heterocycles. The van der Waals surface area contributed by atoms with Crippen molar-refractivity contribution in [2.24, 2.45) is 0 Å². The SMILES string of the molecule is C=CCCCN(C)C(=O)c1cc(N)cn1C1CC1. The molecular formula is C14H21N3O. The van der Waals surface area contributed by atoms with Crippen LogP contribution in [0.25, 0.3) is 0 Å². The van der Waals surface area contributed by atoms with Gasteiger partial charge in [-0.15, -0.1) is 6.58 Å². The Morgan fingerprint density at radius 2 is 2.39 bits per heavy atom. The third-order valence-electron chi connectivity index (χ3n) is 3.28. The Bertz CT molecular complexity index is 446. The van der Waals surface area contributed by atoms with Gasteiger partial charge in [0.1, 0.15) is 5.69 Å². The van der Waals surface area contributed by atoms with Gasteiger partial charge in [0.2, 0.25) is 0 Å². The smallest absolute Gasteiger partial charge is 0.270 e. The Kier molecular flexibility index (Phi) is 3.75. The lowest BCUT2D eigenvalue weighted by Gasteiger charge is -2.17. The van der Waals surface area contributed by atoms with Crippen LogP contribution in [0, 0.1) is 0 Å². The number of aromatic nitrogens is 1. The van der Waals surface area contributed by atoms with E-state index in [-0.39, 0.29) is 5.91 Å². The molecule has 0 radical (unpaired) electrons. The number of nitrogens with zero attached hydrogens (tertiary/aromatic N) is 2. The van der Waals surface area contributed by atoms with E-state index in [0.29, 0.717) is 11.7 Å². The maximum absolute atomic E-state index is 12.3. The fraction of sp³-hybridized carbons (Fsp3) is 0.500. The van der Waals surface area contributed by atoms with Gasteiger partial charge in [-0.1, -0.05) is 6.08 Å². The maximum atomic E-state index is 12.3. The van der Waals surface area contributed by atoms with Crippen LogP contribution in [0.3, 0.4) is 0 Å². The molecule has 1 saturated carbocycles. The molecule has 0 saturated heterocycles. The van der Waals surface area contributed by atoms with E-state index in [1.165, 1.54) is 0 Å². The van der Waals surface area contributed by atoms with Crippen LogP contribution < -0.4 is 5.73 Å². The first kappa shape index (κ1) is 12.7. The molecule has 1 aromatic rings. The molecule has 0 unspecified atom stereocenters. The third kappa shape index (κ3) is 2.75. The van der Waals surface area contributed by atoms with Crippen LogP contribution in [-0.4, -0.2) is 29.0 Å². The van der Waals surface area contributed by atoms with E-state index in [2.05, 4.69) is 6.58 Å². The molecule has 2 rings (SSSR count). The monoisotopic (exact) mass is 247 g/mol. The molecule has 0 spiro atoms. The first-order valence-electron chi connectivity index (χ1n) is 6.47.